The monoisotopic (exact) mass is 255 g/mol. The Bertz CT molecular complexity index is 264. The second kappa shape index (κ2) is 6.55. The maximum absolute atomic E-state index is 12.0. The highest BCUT2D eigenvalue weighted by molar-refractivity contribution is 5.75. The number of ether oxygens (including phenoxy) is 1. The van der Waals surface area contributed by atoms with E-state index in [0.717, 1.165) is 12.5 Å². The lowest BCUT2D eigenvalue weighted by Gasteiger charge is -2.31. The molecule has 18 heavy (non-hydrogen) atoms. The van der Waals surface area contributed by atoms with Gasteiger partial charge in [-0.05, 0) is 53.5 Å². The topological polar surface area (TPSA) is 29.5 Å². The van der Waals surface area contributed by atoms with Crippen molar-refractivity contribution in [3.63, 3.8) is 0 Å². The van der Waals surface area contributed by atoms with E-state index in [4.69, 9.17) is 4.74 Å². The van der Waals surface area contributed by atoms with Crippen LogP contribution in [0.3, 0.4) is 0 Å². The summed E-state index contributed by atoms with van der Waals surface area (Å²) in [4.78, 5) is 14.1. The Balaban J connectivity index is 2.39. The summed E-state index contributed by atoms with van der Waals surface area (Å²) in [6.07, 6.45) is 6.69. The minimum absolute atomic E-state index is 0.110. The van der Waals surface area contributed by atoms with Crippen molar-refractivity contribution in [3.05, 3.63) is 0 Å². The average molecular weight is 255 g/mol. The zero-order valence-electron chi connectivity index (χ0n) is 12.7. The average Bonchev–Trinajstić information content (AvgIpc) is 2.27. The fourth-order valence-corrected chi connectivity index (χ4v) is 2.50. The van der Waals surface area contributed by atoms with Crippen molar-refractivity contribution in [1.29, 1.82) is 0 Å². The van der Waals surface area contributed by atoms with E-state index in [2.05, 4.69) is 4.90 Å². The largest absolute Gasteiger partial charge is 0.459 e. The minimum atomic E-state index is -0.392. The Hall–Kier alpha value is -0.570. The number of nitrogens with zero attached hydrogens (tertiary/aromatic N) is 1. The van der Waals surface area contributed by atoms with Gasteiger partial charge in [-0.3, -0.25) is 9.69 Å². The molecular weight excluding hydrogens is 226 g/mol. The van der Waals surface area contributed by atoms with Crippen molar-refractivity contribution in [2.24, 2.45) is 5.92 Å². The lowest BCUT2D eigenvalue weighted by molar-refractivity contribution is -0.160. The molecule has 0 aromatic heterocycles. The van der Waals surface area contributed by atoms with Crippen LogP contribution < -0.4 is 0 Å². The van der Waals surface area contributed by atoms with Crippen molar-refractivity contribution < 1.29 is 9.53 Å². The first-order valence-corrected chi connectivity index (χ1v) is 7.22. The molecule has 3 heteroatoms. The molecule has 0 bridgehead atoms. The van der Waals surface area contributed by atoms with Gasteiger partial charge in [-0.25, -0.2) is 0 Å². The summed E-state index contributed by atoms with van der Waals surface area (Å²) in [5, 5.41) is 0. The van der Waals surface area contributed by atoms with Gasteiger partial charge in [0.2, 0.25) is 0 Å². The van der Waals surface area contributed by atoms with E-state index in [1.54, 1.807) is 0 Å². The third-order valence-electron chi connectivity index (χ3n) is 3.68. The van der Waals surface area contributed by atoms with Crippen molar-refractivity contribution in [3.8, 4) is 0 Å². The smallest absolute Gasteiger partial charge is 0.323 e. The lowest BCUT2D eigenvalue weighted by atomic mass is 9.89. The van der Waals surface area contributed by atoms with Crippen molar-refractivity contribution >= 4 is 5.97 Å². The number of hydrogen-bond acceptors (Lipinski definition) is 3. The molecule has 1 fully saturated rings. The molecule has 1 rings (SSSR count). The highest BCUT2D eigenvalue weighted by atomic mass is 16.6. The normalized spacial score (nSPS) is 19.9. The number of hydrogen-bond donors (Lipinski definition) is 0. The van der Waals surface area contributed by atoms with Crippen molar-refractivity contribution in [1.82, 2.24) is 4.90 Å². The number of carbonyl (C=O) groups excluding carboxylic acids is 1. The lowest BCUT2D eigenvalue weighted by Crippen LogP contribution is -2.42. The van der Waals surface area contributed by atoms with E-state index in [0.29, 0.717) is 0 Å². The molecule has 0 aromatic carbocycles. The standard InChI is InChI=1S/C15H29NO2/c1-12(14(17)18-15(2,3)4)16(5)11-13-9-7-6-8-10-13/h12-13H,6-11H2,1-5H3. The molecule has 0 aromatic rings. The molecule has 0 amide bonds. The van der Waals surface area contributed by atoms with E-state index >= 15 is 0 Å². The Labute approximate surface area is 112 Å². The molecule has 1 aliphatic rings. The molecule has 1 saturated carbocycles. The van der Waals surface area contributed by atoms with E-state index < -0.39 is 5.60 Å². The number of likely N-dealkylation sites (N-methyl/N-ethyl adjacent to an activating group) is 1. The Morgan fingerprint density at radius 2 is 1.83 bits per heavy atom. The highest BCUT2D eigenvalue weighted by Crippen LogP contribution is 2.24. The molecule has 0 heterocycles. The van der Waals surface area contributed by atoms with Crippen LogP contribution >= 0.6 is 0 Å². The maximum Gasteiger partial charge on any atom is 0.323 e. The van der Waals surface area contributed by atoms with Crippen LogP contribution in [0.5, 0.6) is 0 Å². The van der Waals surface area contributed by atoms with Gasteiger partial charge in [0.05, 0.1) is 0 Å². The summed E-state index contributed by atoms with van der Waals surface area (Å²) in [7, 11) is 2.03. The summed E-state index contributed by atoms with van der Waals surface area (Å²) < 4.78 is 5.43. The zero-order chi connectivity index (χ0) is 13.8. The molecule has 106 valence electrons. The first kappa shape index (κ1) is 15.5. The highest BCUT2D eigenvalue weighted by Gasteiger charge is 2.26. The summed E-state index contributed by atoms with van der Waals surface area (Å²) in [6.45, 7) is 8.70. The van der Waals surface area contributed by atoms with E-state index in [-0.39, 0.29) is 12.0 Å². The second-order valence-corrected chi connectivity index (χ2v) is 6.65. The minimum Gasteiger partial charge on any atom is -0.459 e. The number of carbonyl (C=O) groups is 1. The van der Waals surface area contributed by atoms with Gasteiger partial charge in [-0.1, -0.05) is 19.3 Å². The summed E-state index contributed by atoms with van der Waals surface area (Å²) in [5.74, 6) is 0.648. The molecule has 0 spiro atoms. The van der Waals surface area contributed by atoms with Crippen molar-refractivity contribution in [2.45, 2.75) is 71.4 Å². The summed E-state index contributed by atoms with van der Waals surface area (Å²) in [6, 6.07) is -0.147. The zero-order valence-corrected chi connectivity index (χ0v) is 12.7. The molecule has 0 radical (unpaired) electrons. The number of esters is 1. The molecule has 0 N–H and O–H groups in total. The third-order valence-corrected chi connectivity index (χ3v) is 3.68. The molecular formula is C15H29NO2. The predicted octanol–water partition coefficient (Wildman–Crippen LogP) is 3.23. The Morgan fingerprint density at radius 1 is 1.28 bits per heavy atom. The molecule has 1 unspecified atom stereocenters. The molecule has 0 aliphatic heterocycles. The molecule has 1 atom stereocenters. The van der Waals surface area contributed by atoms with Crippen LogP contribution in [0.2, 0.25) is 0 Å². The van der Waals surface area contributed by atoms with Gasteiger partial charge in [-0.2, -0.15) is 0 Å². The maximum atomic E-state index is 12.0. The quantitative estimate of drug-likeness (QED) is 0.722. The van der Waals surface area contributed by atoms with Gasteiger partial charge in [-0.15, -0.1) is 0 Å². The Kier molecular flexibility index (Phi) is 5.64. The third kappa shape index (κ3) is 5.38. The van der Waals surface area contributed by atoms with Crippen LogP contribution in [0.4, 0.5) is 0 Å². The van der Waals surface area contributed by atoms with E-state index in [1.807, 2.05) is 34.7 Å². The Morgan fingerprint density at radius 3 is 2.33 bits per heavy atom. The fraction of sp³-hybridized carbons (Fsp3) is 0.933. The van der Waals surface area contributed by atoms with Gasteiger partial charge in [0, 0.05) is 6.54 Å². The van der Waals surface area contributed by atoms with Crippen LogP contribution in [-0.2, 0) is 9.53 Å². The van der Waals surface area contributed by atoms with Gasteiger partial charge >= 0.3 is 5.97 Å². The van der Waals surface area contributed by atoms with E-state index in [9.17, 15) is 4.79 Å². The second-order valence-electron chi connectivity index (χ2n) is 6.65. The fourth-order valence-electron chi connectivity index (χ4n) is 2.50. The van der Waals surface area contributed by atoms with Crippen molar-refractivity contribution in [2.75, 3.05) is 13.6 Å². The molecule has 3 nitrogen and oxygen atoms in total. The van der Waals surface area contributed by atoms with Crippen LogP contribution in [0, 0.1) is 5.92 Å². The SMILES string of the molecule is CC(C(=O)OC(C)(C)C)N(C)CC1CCCCC1. The van der Waals surface area contributed by atoms with Gasteiger partial charge in [0.15, 0.2) is 0 Å². The number of rotatable bonds is 4. The van der Waals surface area contributed by atoms with Crippen LogP contribution in [0.25, 0.3) is 0 Å². The predicted molar refractivity (Wildman–Crippen MR) is 74.5 cm³/mol. The van der Waals surface area contributed by atoms with Crippen LogP contribution in [-0.4, -0.2) is 36.1 Å². The molecule has 1 aliphatic carbocycles. The van der Waals surface area contributed by atoms with Crippen LogP contribution in [0.1, 0.15) is 59.8 Å². The summed E-state index contributed by atoms with van der Waals surface area (Å²) in [5.41, 5.74) is -0.392. The summed E-state index contributed by atoms with van der Waals surface area (Å²) >= 11 is 0. The molecule has 0 saturated heterocycles. The first-order valence-electron chi connectivity index (χ1n) is 7.22. The first-order chi connectivity index (χ1) is 8.29. The van der Waals surface area contributed by atoms with E-state index in [1.165, 1.54) is 32.1 Å². The van der Waals surface area contributed by atoms with Crippen LogP contribution in [0.15, 0.2) is 0 Å². The van der Waals surface area contributed by atoms with Gasteiger partial charge in [0.1, 0.15) is 11.6 Å². The van der Waals surface area contributed by atoms with Gasteiger partial charge < -0.3 is 4.74 Å². The van der Waals surface area contributed by atoms with Gasteiger partial charge in [0.25, 0.3) is 0 Å².